The summed E-state index contributed by atoms with van der Waals surface area (Å²) >= 11 is 2.38. The highest BCUT2D eigenvalue weighted by Crippen LogP contribution is 2.10. The predicted octanol–water partition coefficient (Wildman–Crippen LogP) is 1.13. The van der Waals surface area contributed by atoms with Crippen molar-refractivity contribution in [1.82, 2.24) is 13.0 Å². The molecule has 0 saturated carbocycles. The van der Waals surface area contributed by atoms with Gasteiger partial charge in [0.05, 0.1) is 0 Å². The van der Waals surface area contributed by atoms with Crippen molar-refractivity contribution in [2.45, 2.75) is 6.54 Å². The van der Waals surface area contributed by atoms with Gasteiger partial charge in [-0.05, 0) is 11.6 Å². The first-order valence-corrected chi connectivity index (χ1v) is 6.04. The van der Waals surface area contributed by atoms with E-state index in [1.807, 2.05) is 12.3 Å². The first kappa shape index (κ1) is 11.1. The fraction of sp³-hybridized carbons (Fsp3) is 0.500. The highest BCUT2D eigenvalue weighted by molar-refractivity contribution is 14.1. The van der Waals surface area contributed by atoms with Gasteiger partial charge in [0.25, 0.3) is 0 Å². The maximum absolute atomic E-state index is 5.55. The van der Waals surface area contributed by atoms with Crippen LogP contribution in [0, 0.1) is 0 Å². The molecule has 0 amide bonds. The Hall–Kier alpha value is -0.400. The first-order chi connectivity index (χ1) is 7.24. The van der Waals surface area contributed by atoms with Crippen LogP contribution in [0.4, 0.5) is 5.82 Å². The van der Waals surface area contributed by atoms with Crippen molar-refractivity contribution in [2.24, 2.45) is 0 Å². The largest absolute Gasteiger partial charge is 0.384 e. The SMILES string of the molecule is Nc1ccc(CN2CCN(I)CC2)cn1. The van der Waals surface area contributed by atoms with Crippen molar-refractivity contribution < 1.29 is 0 Å². The van der Waals surface area contributed by atoms with Crippen LogP contribution in [0.15, 0.2) is 18.3 Å². The van der Waals surface area contributed by atoms with Crippen LogP contribution in [-0.4, -0.2) is 39.2 Å². The van der Waals surface area contributed by atoms with E-state index in [2.05, 4.69) is 41.9 Å². The highest BCUT2D eigenvalue weighted by Gasteiger charge is 2.14. The number of rotatable bonds is 2. The van der Waals surface area contributed by atoms with E-state index in [1.165, 1.54) is 5.56 Å². The molecule has 5 heteroatoms. The number of pyridine rings is 1. The summed E-state index contributed by atoms with van der Waals surface area (Å²) in [5.41, 5.74) is 6.79. The number of hydrogen-bond acceptors (Lipinski definition) is 4. The minimum Gasteiger partial charge on any atom is -0.384 e. The lowest BCUT2D eigenvalue weighted by atomic mass is 10.2. The molecular weight excluding hydrogens is 303 g/mol. The topological polar surface area (TPSA) is 45.4 Å². The third kappa shape index (κ3) is 3.29. The van der Waals surface area contributed by atoms with Gasteiger partial charge in [-0.1, -0.05) is 6.07 Å². The maximum Gasteiger partial charge on any atom is 0.123 e. The number of hydrogen-bond donors (Lipinski definition) is 1. The molecule has 2 rings (SSSR count). The number of anilines is 1. The molecule has 0 aliphatic carbocycles. The molecule has 1 saturated heterocycles. The molecule has 0 unspecified atom stereocenters. The molecule has 15 heavy (non-hydrogen) atoms. The van der Waals surface area contributed by atoms with Crippen molar-refractivity contribution in [1.29, 1.82) is 0 Å². The van der Waals surface area contributed by atoms with Gasteiger partial charge in [0.2, 0.25) is 0 Å². The van der Waals surface area contributed by atoms with Gasteiger partial charge in [-0.25, -0.2) is 8.10 Å². The number of nitrogens with two attached hydrogens (primary N) is 1. The Bertz CT molecular complexity index is 306. The minimum absolute atomic E-state index is 0.593. The molecule has 82 valence electrons. The van der Waals surface area contributed by atoms with E-state index in [4.69, 9.17) is 5.73 Å². The number of aromatic nitrogens is 1. The second-order valence-corrected chi connectivity index (χ2v) is 5.14. The smallest absolute Gasteiger partial charge is 0.123 e. The maximum atomic E-state index is 5.55. The molecule has 1 fully saturated rings. The van der Waals surface area contributed by atoms with Crippen molar-refractivity contribution in [3.05, 3.63) is 23.9 Å². The number of nitrogen functional groups attached to an aromatic ring is 1. The number of halogens is 1. The van der Waals surface area contributed by atoms with Crippen molar-refractivity contribution >= 4 is 28.7 Å². The molecule has 1 aliphatic heterocycles. The highest BCUT2D eigenvalue weighted by atomic mass is 127. The summed E-state index contributed by atoms with van der Waals surface area (Å²) in [7, 11) is 0. The molecule has 0 atom stereocenters. The normalized spacial score (nSPS) is 19.3. The summed E-state index contributed by atoms with van der Waals surface area (Å²) in [5, 5.41) is 0. The van der Waals surface area contributed by atoms with Gasteiger partial charge in [-0.2, -0.15) is 0 Å². The van der Waals surface area contributed by atoms with Gasteiger partial charge in [-0.15, -0.1) is 0 Å². The number of piperazine rings is 1. The van der Waals surface area contributed by atoms with Gasteiger partial charge >= 0.3 is 0 Å². The minimum atomic E-state index is 0.593. The first-order valence-electron chi connectivity index (χ1n) is 5.07. The third-order valence-electron chi connectivity index (χ3n) is 2.57. The molecule has 2 heterocycles. The summed E-state index contributed by atoms with van der Waals surface area (Å²) in [6.45, 7) is 5.53. The average Bonchev–Trinajstić information content (AvgIpc) is 2.25. The zero-order chi connectivity index (χ0) is 10.7. The van der Waals surface area contributed by atoms with Crippen LogP contribution < -0.4 is 5.73 Å². The van der Waals surface area contributed by atoms with Gasteiger partial charge in [0.1, 0.15) is 5.82 Å². The average molecular weight is 318 g/mol. The van der Waals surface area contributed by atoms with Crippen LogP contribution in [0.3, 0.4) is 0 Å². The summed E-state index contributed by atoms with van der Waals surface area (Å²) in [6, 6.07) is 3.92. The third-order valence-corrected chi connectivity index (χ3v) is 3.54. The van der Waals surface area contributed by atoms with Crippen LogP contribution in [0.2, 0.25) is 0 Å². The molecule has 0 radical (unpaired) electrons. The molecule has 1 aliphatic rings. The van der Waals surface area contributed by atoms with Crippen LogP contribution in [0.1, 0.15) is 5.56 Å². The van der Waals surface area contributed by atoms with Crippen LogP contribution in [0.25, 0.3) is 0 Å². The van der Waals surface area contributed by atoms with E-state index in [0.29, 0.717) is 5.82 Å². The standard InChI is InChI=1S/C10H15IN4/c11-15-5-3-14(4-6-15)8-9-1-2-10(12)13-7-9/h1-2,7H,3-6,8H2,(H2,12,13). The number of nitrogens with zero attached hydrogens (tertiary/aromatic N) is 3. The Morgan fingerprint density at radius 1 is 1.27 bits per heavy atom. The zero-order valence-corrected chi connectivity index (χ0v) is 10.7. The molecule has 0 spiro atoms. The second kappa shape index (κ2) is 5.09. The van der Waals surface area contributed by atoms with E-state index < -0.39 is 0 Å². The second-order valence-electron chi connectivity index (χ2n) is 3.78. The lowest BCUT2D eigenvalue weighted by Crippen LogP contribution is -2.41. The van der Waals surface area contributed by atoms with Crippen molar-refractivity contribution in [3.63, 3.8) is 0 Å². The molecule has 2 N–H and O–H groups in total. The zero-order valence-electron chi connectivity index (χ0n) is 8.56. The van der Waals surface area contributed by atoms with Gasteiger partial charge < -0.3 is 5.73 Å². The monoisotopic (exact) mass is 318 g/mol. The molecule has 0 aromatic carbocycles. The summed E-state index contributed by atoms with van der Waals surface area (Å²) in [6.07, 6.45) is 1.87. The van der Waals surface area contributed by atoms with Gasteiger partial charge in [0, 0.05) is 61.8 Å². The predicted molar refractivity (Wildman–Crippen MR) is 69.5 cm³/mol. The van der Waals surface area contributed by atoms with E-state index >= 15 is 0 Å². The fourth-order valence-electron chi connectivity index (χ4n) is 1.67. The summed E-state index contributed by atoms with van der Waals surface area (Å²) in [4.78, 5) is 6.55. The van der Waals surface area contributed by atoms with Gasteiger partial charge in [0.15, 0.2) is 0 Å². The lowest BCUT2D eigenvalue weighted by molar-refractivity contribution is 0.198. The Labute approximate surface area is 104 Å². The molecule has 4 nitrogen and oxygen atoms in total. The lowest BCUT2D eigenvalue weighted by Gasteiger charge is -2.30. The van der Waals surface area contributed by atoms with Gasteiger partial charge in [-0.3, -0.25) is 4.90 Å². The van der Waals surface area contributed by atoms with E-state index in [9.17, 15) is 0 Å². The Balaban J connectivity index is 1.89. The summed E-state index contributed by atoms with van der Waals surface area (Å²) < 4.78 is 2.33. The molecule has 1 aromatic heterocycles. The van der Waals surface area contributed by atoms with Crippen molar-refractivity contribution in [2.75, 3.05) is 31.9 Å². The Morgan fingerprint density at radius 2 is 2.00 bits per heavy atom. The Morgan fingerprint density at radius 3 is 2.60 bits per heavy atom. The van der Waals surface area contributed by atoms with Crippen molar-refractivity contribution in [3.8, 4) is 0 Å². The fourth-order valence-corrected chi connectivity index (χ4v) is 2.10. The molecule has 1 aromatic rings. The van der Waals surface area contributed by atoms with Crippen LogP contribution in [0.5, 0.6) is 0 Å². The van der Waals surface area contributed by atoms with Crippen LogP contribution in [-0.2, 0) is 6.54 Å². The molecule has 0 bridgehead atoms. The van der Waals surface area contributed by atoms with Crippen LogP contribution >= 0.6 is 22.9 Å². The summed E-state index contributed by atoms with van der Waals surface area (Å²) in [5.74, 6) is 0.593. The van der Waals surface area contributed by atoms with E-state index in [1.54, 1.807) is 0 Å². The van der Waals surface area contributed by atoms with E-state index in [0.717, 1.165) is 32.7 Å². The van der Waals surface area contributed by atoms with E-state index in [-0.39, 0.29) is 0 Å². The Kier molecular flexibility index (Phi) is 3.76. The molecular formula is C10H15IN4. The quantitative estimate of drug-likeness (QED) is 0.656.